The first-order chi connectivity index (χ1) is 10.9. The average molecular weight is 284 g/mol. The van der Waals surface area contributed by atoms with Crippen LogP contribution in [0.1, 0.15) is 0 Å². The predicted molar refractivity (Wildman–Crippen MR) is 91.5 cm³/mol. The molecule has 4 rings (SSSR count). The molecule has 2 N–H and O–H groups in total. The largest absolute Gasteiger partial charge is 0.361 e. The lowest BCUT2D eigenvalue weighted by atomic mass is 9.93. The molecule has 0 saturated heterocycles. The third kappa shape index (κ3) is 2.15. The molecule has 0 spiro atoms. The Morgan fingerprint density at radius 2 is 0.818 bits per heavy atom. The molecule has 106 valence electrons. The van der Waals surface area contributed by atoms with Crippen LogP contribution in [0.5, 0.6) is 0 Å². The van der Waals surface area contributed by atoms with Gasteiger partial charge in [0.25, 0.3) is 0 Å². The van der Waals surface area contributed by atoms with Crippen LogP contribution in [-0.4, -0.2) is 9.97 Å². The minimum atomic E-state index is 1.14. The Bertz CT molecular complexity index is 796. The van der Waals surface area contributed by atoms with E-state index in [-0.39, 0.29) is 0 Å². The monoisotopic (exact) mass is 284 g/mol. The Balaban J connectivity index is 1.95. The smallest absolute Gasteiger partial charge is 0.0460 e. The van der Waals surface area contributed by atoms with Crippen molar-refractivity contribution in [2.45, 2.75) is 0 Å². The van der Waals surface area contributed by atoms with Gasteiger partial charge in [-0.1, -0.05) is 48.5 Å². The second-order valence-electron chi connectivity index (χ2n) is 5.26. The molecule has 0 unspecified atom stereocenters. The van der Waals surface area contributed by atoms with Gasteiger partial charge in [0.2, 0.25) is 0 Å². The Hall–Kier alpha value is -3.00. The maximum Gasteiger partial charge on any atom is 0.0460 e. The zero-order chi connectivity index (χ0) is 14.8. The number of hydrogen-bond donors (Lipinski definition) is 2. The van der Waals surface area contributed by atoms with Gasteiger partial charge in [0, 0.05) is 34.9 Å². The van der Waals surface area contributed by atoms with Gasteiger partial charge >= 0.3 is 0 Å². The van der Waals surface area contributed by atoms with E-state index >= 15 is 0 Å². The van der Waals surface area contributed by atoms with E-state index in [1.807, 2.05) is 24.5 Å². The molecule has 0 saturated carbocycles. The highest BCUT2D eigenvalue weighted by Crippen LogP contribution is 2.36. The van der Waals surface area contributed by atoms with E-state index in [1.165, 1.54) is 22.3 Å². The quantitative estimate of drug-likeness (QED) is 0.508. The second kappa shape index (κ2) is 5.41. The lowest BCUT2D eigenvalue weighted by Gasteiger charge is -2.12. The summed E-state index contributed by atoms with van der Waals surface area (Å²) in [6.07, 6.45) is 3.92. The third-order valence-corrected chi connectivity index (χ3v) is 3.92. The lowest BCUT2D eigenvalue weighted by molar-refractivity contribution is 1.39. The fourth-order valence-corrected chi connectivity index (χ4v) is 2.90. The van der Waals surface area contributed by atoms with Gasteiger partial charge in [-0.05, 0) is 35.4 Å². The normalized spacial score (nSPS) is 10.7. The van der Waals surface area contributed by atoms with E-state index in [1.54, 1.807) is 0 Å². The molecule has 2 aromatic heterocycles. The summed E-state index contributed by atoms with van der Waals surface area (Å²) in [4.78, 5) is 6.62. The van der Waals surface area contributed by atoms with Crippen LogP contribution in [0, 0.1) is 0 Å². The molecule has 2 nitrogen and oxygen atoms in total. The highest BCUT2D eigenvalue weighted by atomic mass is 14.7. The SMILES string of the molecule is c1c[nH]c(-c2ccccc2-c2ccccc2-c2ccc[nH]2)c1. The minimum absolute atomic E-state index is 1.14. The Morgan fingerprint density at radius 3 is 1.18 bits per heavy atom. The lowest BCUT2D eigenvalue weighted by Crippen LogP contribution is -1.88. The molecule has 0 atom stereocenters. The summed E-state index contributed by atoms with van der Waals surface area (Å²) in [5.74, 6) is 0. The molecular weight excluding hydrogens is 268 g/mol. The topological polar surface area (TPSA) is 31.6 Å². The van der Waals surface area contributed by atoms with Crippen LogP contribution in [0.4, 0.5) is 0 Å². The number of hydrogen-bond acceptors (Lipinski definition) is 0. The van der Waals surface area contributed by atoms with E-state index < -0.39 is 0 Å². The highest BCUT2D eigenvalue weighted by Gasteiger charge is 2.12. The molecule has 4 aromatic rings. The molecule has 0 radical (unpaired) electrons. The van der Waals surface area contributed by atoms with Crippen molar-refractivity contribution in [1.82, 2.24) is 9.97 Å². The standard InChI is InChI=1S/C20H16N2/c1-3-9-17(19-11-5-13-21-19)15(7-1)16-8-2-4-10-18(16)20-12-6-14-22-20/h1-14,21-22H. The molecule has 0 aliphatic rings. The summed E-state index contributed by atoms with van der Waals surface area (Å²) in [7, 11) is 0. The average Bonchev–Trinajstić information content (AvgIpc) is 3.28. The van der Waals surface area contributed by atoms with Crippen LogP contribution in [-0.2, 0) is 0 Å². The molecule has 0 amide bonds. The van der Waals surface area contributed by atoms with Crippen molar-refractivity contribution < 1.29 is 0 Å². The van der Waals surface area contributed by atoms with Crippen LogP contribution in [0.15, 0.2) is 85.2 Å². The fraction of sp³-hybridized carbons (Fsp3) is 0. The van der Waals surface area contributed by atoms with E-state index in [9.17, 15) is 0 Å². The maximum atomic E-state index is 3.31. The number of nitrogens with one attached hydrogen (secondary N) is 2. The van der Waals surface area contributed by atoms with Crippen LogP contribution >= 0.6 is 0 Å². The summed E-state index contributed by atoms with van der Waals surface area (Å²) in [6, 6.07) is 25.3. The summed E-state index contributed by atoms with van der Waals surface area (Å²) < 4.78 is 0. The molecule has 2 aromatic carbocycles. The fourth-order valence-electron chi connectivity index (χ4n) is 2.90. The predicted octanol–water partition coefficient (Wildman–Crippen LogP) is 5.34. The van der Waals surface area contributed by atoms with Gasteiger partial charge in [-0.25, -0.2) is 0 Å². The first kappa shape index (κ1) is 12.7. The van der Waals surface area contributed by atoms with E-state index in [0.717, 1.165) is 11.4 Å². The van der Waals surface area contributed by atoms with Crippen molar-refractivity contribution in [3.05, 3.63) is 85.2 Å². The molecule has 0 bridgehead atoms. The van der Waals surface area contributed by atoms with E-state index in [0.29, 0.717) is 0 Å². The van der Waals surface area contributed by atoms with Gasteiger partial charge in [0.15, 0.2) is 0 Å². The summed E-state index contributed by atoms with van der Waals surface area (Å²) in [5, 5.41) is 0. The van der Waals surface area contributed by atoms with Crippen molar-refractivity contribution in [2.75, 3.05) is 0 Å². The van der Waals surface area contributed by atoms with Crippen molar-refractivity contribution in [1.29, 1.82) is 0 Å². The van der Waals surface area contributed by atoms with Gasteiger partial charge in [0.05, 0.1) is 0 Å². The number of aromatic nitrogens is 2. The van der Waals surface area contributed by atoms with Gasteiger partial charge in [-0.2, -0.15) is 0 Å². The third-order valence-electron chi connectivity index (χ3n) is 3.92. The van der Waals surface area contributed by atoms with E-state index in [2.05, 4.69) is 70.6 Å². The summed E-state index contributed by atoms with van der Waals surface area (Å²) in [6.45, 7) is 0. The first-order valence-electron chi connectivity index (χ1n) is 7.39. The van der Waals surface area contributed by atoms with Crippen LogP contribution in [0.25, 0.3) is 33.6 Å². The van der Waals surface area contributed by atoms with Gasteiger partial charge in [-0.3, -0.25) is 0 Å². The van der Waals surface area contributed by atoms with Gasteiger partial charge in [0.1, 0.15) is 0 Å². The molecule has 0 fully saturated rings. The van der Waals surface area contributed by atoms with Crippen LogP contribution < -0.4 is 0 Å². The van der Waals surface area contributed by atoms with Crippen LogP contribution in [0.3, 0.4) is 0 Å². The zero-order valence-electron chi connectivity index (χ0n) is 12.1. The van der Waals surface area contributed by atoms with Crippen molar-refractivity contribution >= 4 is 0 Å². The Morgan fingerprint density at radius 1 is 0.409 bits per heavy atom. The maximum absolute atomic E-state index is 3.31. The summed E-state index contributed by atoms with van der Waals surface area (Å²) in [5.41, 5.74) is 7.16. The number of aromatic amines is 2. The number of benzene rings is 2. The molecule has 2 heterocycles. The van der Waals surface area contributed by atoms with E-state index in [4.69, 9.17) is 0 Å². The Kier molecular flexibility index (Phi) is 3.13. The number of rotatable bonds is 3. The van der Waals surface area contributed by atoms with Gasteiger partial charge in [-0.15, -0.1) is 0 Å². The van der Waals surface area contributed by atoms with Crippen LogP contribution in [0.2, 0.25) is 0 Å². The second-order valence-corrected chi connectivity index (χ2v) is 5.26. The Labute approximate surface area is 129 Å². The number of H-pyrrole nitrogens is 2. The first-order valence-corrected chi connectivity index (χ1v) is 7.39. The van der Waals surface area contributed by atoms with Crippen molar-refractivity contribution in [2.24, 2.45) is 0 Å². The van der Waals surface area contributed by atoms with Gasteiger partial charge < -0.3 is 9.97 Å². The zero-order valence-corrected chi connectivity index (χ0v) is 12.1. The molecule has 0 aliphatic carbocycles. The molecule has 2 heteroatoms. The van der Waals surface area contributed by atoms with Crippen molar-refractivity contribution in [3.8, 4) is 33.6 Å². The highest BCUT2D eigenvalue weighted by molar-refractivity contribution is 5.90. The molecular formula is C20H16N2. The molecule has 22 heavy (non-hydrogen) atoms. The minimum Gasteiger partial charge on any atom is -0.361 e. The molecule has 0 aliphatic heterocycles. The summed E-state index contributed by atoms with van der Waals surface area (Å²) >= 11 is 0. The van der Waals surface area contributed by atoms with Crippen molar-refractivity contribution in [3.63, 3.8) is 0 Å².